The summed E-state index contributed by atoms with van der Waals surface area (Å²) in [5.41, 5.74) is 2.83. The van der Waals surface area contributed by atoms with Gasteiger partial charge in [0.15, 0.2) is 5.69 Å². The van der Waals surface area contributed by atoms with Crippen LogP contribution in [0, 0.1) is 0 Å². The van der Waals surface area contributed by atoms with Crippen LogP contribution in [0.25, 0.3) is 0 Å². The Labute approximate surface area is 159 Å². The number of aryl methyl sites for hydroxylation is 1. The van der Waals surface area contributed by atoms with Gasteiger partial charge in [0.1, 0.15) is 0 Å². The van der Waals surface area contributed by atoms with Crippen LogP contribution >= 0.6 is 0 Å². The maximum Gasteiger partial charge on any atom is 0.274 e. The quantitative estimate of drug-likeness (QED) is 0.818. The first-order valence-corrected chi connectivity index (χ1v) is 10.2. The Hall–Kier alpha value is -1.93. The zero-order valence-electron chi connectivity index (χ0n) is 15.9. The van der Waals surface area contributed by atoms with Gasteiger partial charge in [-0.25, -0.2) is 0 Å². The van der Waals surface area contributed by atoms with Crippen molar-refractivity contribution in [3.05, 3.63) is 17.0 Å². The van der Waals surface area contributed by atoms with Crippen molar-refractivity contribution in [1.29, 1.82) is 0 Å². The number of ether oxygens (including phenoxy) is 1. The number of piperazine rings is 1. The summed E-state index contributed by atoms with van der Waals surface area (Å²) in [5.74, 6) is 0.195. The lowest BCUT2D eigenvalue weighted by atomic mass is 9.95. The van der Waals surface area contributed by atoms with Crippen molar-refractivity contribution in [2.24, 2.45) is 0 Å². The number of aromatic amines is 1. The molecule has 2 aliphatic heterocycles. The fraction of sp³-hybridized carbons (Fsp3) is 0.737. The normalized spacial score (nSPS) is 21.2. The van der Waals surface area contributed by atoms with Crippen LogP contribution in [0.5, 0.6) is 0 Å². The predicted octanol–water partition coefficient (Wildman–Crippen LogP) is 0.295. The number of carbonyl (C=O) groups excluding carboxylic acids is 2. The van der Waals surface area contributed by atoms with E-state index in [4.69, 9.17) is 4.74 Å². The number of amides is 2. The highest BCUT2D eigenvalue weighted by Gasteiger charge is 2.29. The van der Waals surface area contributed by atoms with Crippen molar-refractivity contribution in [3.63, 3.8) is 0 Å². The molecule has 1 aliphatic carbocycles. The van der Waals surface area contributed by atoms with Gasteiger partial charge in [-0.2, -0.15) is 5.10 Å². The van der Waals surface area contributed by atoms with E-state index in [-0.39, 0.29) is 11.8 Å². The Balaban J connectivity index is 1.26. The number of fused-ring (bicyclic) bond motifs is 1. The minimum Gasteiger partial charge on any atom is -0.379 e. The number of aromatic nitrogens is 2. The average molecular weight is 375 g/mol. The topological polar surface area (TPSA) is 81.8 Å². The maximum absolute atomic E-state index is 12.9. The third-order valence-corrected chi connectivity index (χ3v) is 5.92. The second-order valence-electron chi connectivity index (χ2n) is 7.61. The average Bonchev–Trinajstić information content (AvgIpc) is 3.16. The molecule has 2 amide bonds. The van der Waals surface area contributed by atoms with Gasteiger partial charge in [-0.15, -0.1) is 0 Å². The van der Waals surface area contributed by atoms with Gasteiger partial charge in [-0.05, 0) is 25.7 Å². The molecule has 0 aromatic carbocycles. The number of nitrogens with zero attached hydrogens (tertiary/aromatic N) is 4. The molecule has 0 radical (unpaired) electrons. The van der Waals surface area contributed by atoms with Crippen LogP contribution in [0.1, 0.15) is 41.0 Å². The number of hydrogen-bond donors (Lipinski definition) is 1. The van der Waals surface area contributed by atoms with Crippen LogP contribution in [0.4, 0.5) is 0 Å². The van der Waals surface area contributed by atoms with Crippen LogP contribution < -0.4 is 0 Å². The zero-order valence-corrected chi connectivity index (χ0v) is 15.9. The molecule has 3 heterocycles. The van der Waals surface area contributed by atoms with E-state index in [2.05, 4.69) is 15.1 Å². The summed E-state index contributed by atoms with van der Waals surface area (Å²) >= 11 is 0. The molecule has 8 nitrogen and oxygen atoms in total. The van der Waals surface area contributed by atoms with E-state index in [1.807, 2.05) is 9.80 Å². The first kappa shape index (κ1) is 18.4. The van der Waals surface area contributed by atoms with E-state index in [1.54, 1.807) is 0 Å². The van der Waals surface area contributed by atoms with E-state index >= 15 is 0 Å². The molecule has 2 fully saturated rings. The van der Waals surface area contributed by atoms with Gasteiger partial charge in [-0.1, -0.05) is 0 Å². The minimum absolute atomic E-state index is 0.00909. The summed E-state index contributed by atoms with van der Waals surface area (Å²) in [7, 11) is 0. The van der Waals surface area contributed by atoms with Gasteiger partial charge in [0.2, 0.25) is 5.91 Å². The van der Waals surface area contributed by atoms with Crippen molar-refractivity contribution in [2.45, 2.75) is 32.1 Å². The number of nitrogens with one attached hydrogen (secondary N) is 1. The lowest BCUT2D eigenvalue weighted by Crippen LogP contribution is -2.51. The standard InChI is InChI=1S/C19H29N5O3/c25-17(5-6-22-11-13-27-14-12-22)23-7-9-24(10-8-23)19(26)18-15-3-1-2-4-16(15)20-21-18/h1-14H2,(H,20,21). The lowest BCUT2D eigenvalue weighted by Gasteiger charge is -2.35. The lowest BCUT2D eigenvalue weighted by molar-refractivity contribution is -0.133. The molecule has 2 saturated heterocycles. The number of rotatable bonds is 4. The molecule has 3 aliphatic rings. The second-order valence-corrected chi connectivity index (χ2v) is 7.61. The second kappa shape index (κ2) is 8.39. The Morgan fingerprint density at radius 3 is 2.44 bits per heavy atom. The van der Waals surface area contributed by atoms with Gasteiger partial charge in [0.25, 0.3) is 5.91 Å². The van der Waals surface area contributed by atoms with Crippen LogP contribution in [0.15, 0.2) is 0 Å². The molecule has 4 rings (SSSR count). The zero-order chi connectivity index (χ0) is 18.6. The first-order chi connectivity index (χ1) is 13.2. The summed E-state index contributed by atoms with van der Waals surface area (Å²) in [5, 5.41) is 7.34. The highest BCUT2D eigenvalue weighted by molar-refractivity contribution is 5.94. The Bertz CT molecular complexity index is 675. The molecule has 27 heavy (non-hydrogen) atoms. The van der Waals surface area contributed by atoms with E-state index in [0.717, 1.165) is 69.8 Å². The van der Waals surface area contributed by atoms with E-state index in [1.165, 1.54) is 0 Å². The maximum atomic E-state index is 12.9. The van der Waals surface area contributed by atoms with E-state index in [0.29, 0.717) is 38.3 Å². The molecule has 0 spiro atoms. The highest BCUT2D eigenvalue weighted by Crippen LogP contribution is 2.23. The molecule has 1 N–H and O–H groups in total. The molecule has 8 heteroatoms. The SMILES string of the molecule is O=C(CCN1CCOCC1)N1CCN(C(=O)c2n[nH]c3c2CCCC3)CC1. The van der Waals surface area contributed by atoms with Crippen LogP contribution in [-0.2, 0) is 22.4 Å². The number of H-pyrrole nitrogens is 1. The summed E-state index contributed by atoms with van der Waals surface area (Å²) in [4.78, 5) is 31.4. The van der Waals surface area contributed by atoms with Crippen LogP contribution in [0.2, 0.25) is 0 Å². The van der Waals surface area contributed by atoms with E-state index < -0.39 is 0 Å². The molecule has 0 saturated carbocycles. The van der Waals surface area contributed by atoms with Crippen LogP contribution in [-0.4, -0.2) is 95.7 Å². The van der Waals surface area contributed by atoms with Gasteiger partial charge in [0, 0.05) is 63.5 Å². The molecule has 0 atom stereocenters. The Morgan fingerprint density at radius 1 is 0.963 bits per heavy atom. The molecule has 1 aromatic rings. The van der Waals surface area contributed by atoms with Gasteiger partial charge in [0.05, 0.1) is 13.2 Å². The summed E-state index contributed by atoms with van der Waals surface area (Å²) < 4.78 is 5.34. The van der Waals surface area contributed by atoms with Crippen molar-refractivity contribution < 1.29 is 14.3 Å². The van der Waals surface area contributed by atoms with Crippen LogP contribution in [0.3, 0.4) is 0 Å². The van der Waals surface area contributed by atoms with Crippen molar-refractivity contribution in [2.75, 3.05) is 59.0 Å². The fourth-order valence-electron chi connectivity index (χ4n) is 4.20. The Kier molecular flexibility index (Phi) is 5.73. The first-order valence-electron chi connectivity index (χ1n) is 10.2. The molecular formula is C19H29N5O3. The molecule has 0 unspecified atom stereocenters. The smallest absolute Gasteiger partial charge is 0.274 e. The molecule has 148 valence electrons. The van der Waals surface area contributed by atoms with Gasteiger partial charge < -0.3 is 14.5 Å². The molecule has 1 aromatic heterocycles. The summed E-state index contributed by atoms with van der Waals surface area (Å²) in [6.07, 6.45) is 4.75. The predicted molar refractivity (Wildman–Crippen MR) is 99.6 cm³/mol. The Morgan fingerprint density at radius 2 is 1.67 bits per heavy atom. The third-order valence-electron chi connectivity index (χ3n) is 5.92. The minimum atomic E-state index is 0.00909. The number of morpholine rings is 1. The third kappa shape index (κ3) is 4.16. The number of carbonyl (C=O) groups is 2. The fourth-order valence-corrected chi connectivity index (χ4v) is 4.20. The number of hydrogen-bond acceptors (Lipinski definition) is 5. The summed E-state index contributed by atoms with van der Waals surface area (Å²) in [6.45, 7) is 6.51. The molecular weight excluding hydrogens is 346 g/mol. The van der Waals surface area contributed by atoms with Crippen molar-refractivity contribution in [1.82, 2.24) is 24.9 Å². The van der Waals surface area contributed by atoms with Gasteiger partial charge >= 0.3 is 0 Å². The van der Waals surface area contributed by atoms with Gasteiger partial charge in [-0.3, -0.25) is 19.6 Å². The van der Waals surface area contributed by atoms with Crippen molar-refractivity contribution in [3.8, 4) is 0 Å². The van der Waals surface area contributed by atoms with Crippen molar-refractivity contribution >= 4 is 11.8 Å². The monoisotopic (exact) mass is 375 g/mol. The molecule has 0 bridgehead atoms. The largest absolute Gasteiger partial charge is 0.379 e. The van der Waals surface area contributed by atoms with E-state index in [9.17, 15) is 9.59 Å². The highest BCUT2D eigenvalue weighted by atomic mass is 16.5. The summed E-state index contributed by atoms with van der Waals surface area (Å²) in [6, 6.07) is 0.